The molecule has 4 aromatic rings. The first-order valence-corrected chi connectivity index (χ1v) is 12.8. The maximum atomic E-state index is 15.9. The lowest BCUT2D eigenvalue weighted by atomic mass is 9.93. The zero-order valence-electron chi connectivity index (χ0n) is 20.9. The molecule has 2 aliphatic heterocycles. The normalized spacial score (nSPS) is 20.2. The molecule has 39 heavy (non-hydrogen) atoms. The molecule has 0 amide bonds. The highest BCUT2D eigenvalue weighted by Gasteiger charge is 2.36. The summed E-state index contributed by atoms with van der Waals surface area (Å²) in [4.78, 5) is 23.7. The van der Waals surface area contributed by atoms with Gasteiger partial charge in [-0.05, 0) is 38.1 Å². The Hall–Kier alpha value is -4.05. The molecule has 0 aromatic carbocycles. The van der Waals surface area contributed by atoms with Crippen LogP contribution >= 0.6 is 0 Å². The van der Waals surface area contributed by atoms with Crippen molar-refractivity contribution in [1.29, 1.82) is 5.26 Å². The van der Waals surface area contributed by atoms with Gasteiger partial charge in [-0.25, -0.2) is 19.3 Å². The van der Waals surface area contributed by atoms with Crippen molar-refractivity contribution in [2.45, 2.75) is 37.7 Å². The van der Waals surface area contributed by atoms with Gasteiger partial charge in [0.2, 0.25) is 0 Å². The quantitative estimate of drug-likeness (QED) is 0.368. The average molecular weight is 540 g/mol. The smallest absolute Gasteiger partial charge is 0.353 e. The molecule has 4 aromatic heterocycles. The number of nitrogens with zero attached hydrogens (tertiary/aromatic N) is 8. The molecule has 2 saturated heterocycles. The molecule has 202 valence electrons. The van der Waals surface area contributed by atoms with Crippen molar-refractivity contribution in [3.8, 4) is 17.3 Å². The average Bonchev–Trinajstić information content (AvgIpc) is 3.52. The van der Waals surface area contributed by atoms with Gasteiger partial charge in [0.1, 0.15) is 41.6 Å². The number of likely N-dealkylation sites (tertiary alicyclic amines) is 1. The molecule has 13 heteroatoms. The predicted molar refractivity (Wildman–Crippen MR) is 135 cm³/mol. The van der Waals surface area contributed by atoms with Gasteiger partial charge < -0.3 is 19.4 Å². The number of H-pyrrole nitrogens is 1. The first-order valence-electron chi connectivity index (χ1n) is 12.8. The Labute approximate surface area is 221 Å². The number of piperidine rings is 1. The number of halogens is 4. The van der Waals surface area contributed by atoms with Crippen molar-refractivity contribution in [3.05, 3.63) is 54.1 Å². The van der Waals surface area contributed by atoms with E-state index in [1.54, 1.807) is 12.4 Å². The lowest BCUT2D eigenvalue weighted by Gasteiger charge is -2.36. The predicted octanol–water partition coefficient (Wildman–Crippen LogP) is 4.14. The second kappa shape index (κ2) is 9.92. The minimum absolute atomic E-state index is 0.0363. The van der Waals surface area contributed by atoms with Crippen molar-refractivity contribution in [2.24, 2.45) is 0 Å². The van der Waals surface area contributed by atoms with E-state index in [9.17, 15) is 18.4 Å². The number of rotatable bonds is 6. The molecule has 0 saturated carbocycles. The van der Waals surface area contributed by atoms with E-state index in [1.807, 2.05) is 9.47 Å². The Kier molecular flexibility index (Phi) is 6.42. The first kappa shape index (κ1) is 25.2. The minimum atomic E-state index is -4.58. The van der Waals surface area contributed by atoms with Crippen molar-refractivity contribution in [2.75, 3.05) is 37.6 Å². The van der Waals surface area contributed by atoms with E-state index in [0.29, 0.717) is 53.4 Å². The number of aromatic amines is 1. The number of fused-ring (bicyclic) bond motifs is 1. The van der Waals surface area contributed by atoms with Crippen molar-refractivity contribution in [3.63, 3.8) is 0 Å². The van der Waals surface area contributed by atoms with E-state index in [0.717, 1.165) is 38.3 Å². The lowest BCUT2D eigenvalue weighted by Crippen LogP contribution is -2.42. The molecule has 6 rings (SSSR count). The molecule has 2 atom stereocenters. The van der Waals surface area contributed by atoms with Gasteiger partial charge in [0.25, 0.3) is 0 Å². The second-order valence-electron chi connectivity index (χ2n) is 9.89. The zero-order chi connectivity index (χ0) is 27.1. The van der Waals surface area contributed by atoms with Crippen LogP contribution in [0.25, 0.3) is 22.3 Å². The van der Waals surface area contributed by atoms with Gasteiger partial charge in [-0.1, -0.05) is 0 Å². The van der Waals surface area contributed by atoms with Crippen LogP contribution in [0, 0.1) is 11.3 Å². The maximum absolute atomic E-state index is 15.9. The number of nitriles is 1. The highest BCUT2D eigenvalue weighted by Crippen LogP contribution is 2.36. The van der Waals surface area contributed by atoms with Crippen LogP contribution in [0.1, 0.15) is 35.8 Å². The fourth-order valence-electron chi connectivity index (χ4n) is 5.31. The molecule has 6 heterocycles. The summed E-state index contributed by atoms with van der Waals surface area (Å²) in [5.41, 5.74) is 0.551. The maximum Gasteiger partial charge on any atom is 0.433 e. The Bertz CT molecular complexity index is 1530. The summed E-state index contributed by atoms with van der Waals surface area (Å²) in [7, 11) is 0. The fourth-order valence-corrected chi connectivity index (χ4v) is 5.31. The summed E-state index contributed by atoms with van der Waals surface area (Å²) < 4.78 is 57.6. The molecule has 2 unspecified atom stereocenters. The summed E-state index contributed by atoms with van der Waals surface area (Å²) in [6.07, 6.45) is 1.44. The van der Waals surface area contributed by atoms with E-state index < -0.39 is 24.0 Å². The van der Waals surface area contributed by atoms with Gasteiger partial charge in [0, 0.05) is 43.8 Å². The second-order valence-corrected chi connectivity index (χ2v) is 9.89. The lowest BCUT2D eigenvalue weighted by molar-refractivity contribution is -0.141. The number of hydrogen-bond donors (Lipinski definition) is 1. The number of anilines is 1. The number of imidazole rings is 1. The summed E-state index contributed by atoms with van der Waals surface area (Å²) in [6, 6.07) is 4.59. The molecule has 2 aliphatic rings. The van der Waals surface area contributed by atoms with Crippen LogP contribution in [0.4, 0.5) is 23.4 Å². The highest BCUT2D eigenvalue weighted by atomic mass is 19.4. The van der Waals surface area contributed by atoms with Crippen LogP contribution < -0.4 is 4.90 Å². The number of alkyl halides is 4. The number of hydrogen-bond acceptors (Lipinski definition) is 7. The standard InChI is InChI=1S/C26H25F4N9/c27-19-13-38(25-22-17(11-31)12-33-23(22)34-15-35-25)7-3-18(19)24-36-20(14-39(24)9-8-37-5-1-6-37)16-2-4-32-21(10-16)26(28,29)30/h2,4,10,12,14-15,18-19H,1,3,5-9,13H2,(H,33,34,35). The minimum Gasteiger partial charge on any atom is -0.353 e. The monoisotopic (exact) mass is 539 g/mol. The van der Waals surface area contributed by atoms with Gasteiger partial charge in [0.05, 0.1) is 29.1 Å². The summed E-state index contributed by atoms with van der Waals surface area (Å²) in [6.45, 7) is 3.82. The zero-order valence-corrected chi connectivity index (χ0v) is 20.9. The van der Waals surface area contributed by atoms with Crippen molar-refractivity contribution in [1.82, 2.24) is 34.4 Å². The van der Waals surface area contributed by atoms with E-state index >= 15 is 4.39 Å². The third-order valence-electron chi connectivity index (χ3n) is 7.50. The van der Waals surface area contributed by atoms with Crippen LogP contribution in [-0.2, 0) is 12.7 Å². The highest BCUT2D eigenvalue weighted by molar-refractivity contribution is 5.92. The van der Waals surface area contributed by atoms with E-state index in [4.69, 9.17) is 0 Å². The number of nitrogens with one attached hydrogen (secondary N) is 1. The molecule has 0 spiro atoms. The van der Waals surface area contributed by atoms with Crippen LogP contribution in [0.3, 0.4) is 0 Å². The summed E-state index contributed by atoms with van der Waals surface area (Å²) in [5.74, 6) is 0.474. The molecular formula is C26H25F4N9. The van der Waals surface area contributed by atoms with Crippen molar-refractivity contribution < 1.29 is 17.6 Å². The molecule has 2 fully saturated rings. The van der Waals surface area contributed by atoms with E-state index in [2.05, 4.69) is 35.9 Å². The van der Waals surface area contributed by atoms with Gasteiger partial charge in [-0.2, -0.15) is 18.4 Å². The molecule has 1 N–H and O–H groups in total. The van der Waals surface area contributed by atoms with Crippen LogP contribution in [0.5, 0.6) is 0 Å². The fraction of sp³-hybridized carbons (Fsp3) is 0.423. The summed E-state index contributed by atoms with van der Waals surface area (Å²) >= 11 is 0. The largest absolute Gasteiger partial charge is 0.433 e. The number of pyridine rings is 1. The van der Waals surface area contributed by atoms with Gasteiger partial charge in [0.15, 0.2) is 0 Å². The molecule has 0 radical (unpaired) electrons. The van der Waals surface area contributed by atoms with Crippen LogP contribution in [0.15, 0.2) is 37.1 Å². The Morgan fingerprint density at radius 2 is 1.97 bits per heavy atom. The van der Waals surface area contributed by atoms with Gasteiger partial charge >= 0.3 is 6.18 Å². The topological polar surface area (TPSA) is 103 Å². The molecule has 0 aliphatic carbocycles. The Morgan fingerprint density at radius 1 is 1.13 bits per heavy atom. The number of aromatic nitrogens is 6. The molecule has 9 nitrogen and oxygen atoms in total. The third kappa shape index (κ3) is 4.80. The molecule has 0 bridgehead atoms. The first-order chi connectivity index (χ1) is 18.8. The van der Waals surface area contributed by atoms with Gasteiger partial charge in [-0.15, -0.1) is 0 Å². The van der Waals surface area contributed by atoms with Gasteiger partial charge in [-0.3, -0.25) is 4.98 Å². The Balaban J connectivity index is 1.29. The van der Waals surface area contributed by atoms with E-state index in [1.165, 1.54) is 12.4 Å². The SMILES string of the molecule is N#Cc1c[nH]c2ncnc(N3CCC(c4nc(-c5ccnc(C(F)(F)F)c5)cn4CCN4CCC4)C(F)C3)c12. The van der Waals surface area contributed by atoms with Crippen molar-refractivity contribution >= 4 is 16.9 Å². The Morgan fingerprint density at radius 3 is 2.69 bits per heavy atom. The van der Waals surface area contributed by atoms with E-state index in [-0.39, 0.29) is 12.1 Å². The summed E-state index contributed by atoms with van der Waals surface area (Å²) in [5, 5.41) is 10.0. The van der Waals surface area contributed by atoms with Crippen LogP contribution in [0.2, 0.25) is 0 Å². The third-order valence-corrected chi connectivity index (χ3v) is 7.50. The molecular weight excluding hydrogens is 514 g/mol. The van der Waals surface area contributed by atoms with Crippen LogP contribution in [-0.4, -0.2) is 73.3 Å².